The van der Waals surface area contributed by atoms with Crippen LogP contribution in [0.3, 0.4) is 0 Å². The number of rotatable bonds is 6. The van der Waals surface area contributed by atoms with Gasteiger partial charge in [0.2, 0.25) is 18.4 Å². The molecule has 186 valence electrons. The van der Waals surface area contributed by atoms with Gasteiger partial charge in [-0.25, -0.2) is 0 Å². The van der Waals surface area contributed by atoms with E-state index in [-0.39, 0.29) is 19.1 Å². The molecule has 0 spiro atoms. The van der Waals surface area contributed by atoms with Crippen LogP contribution in [0.2, 0.25) is 0 Å². The van der Waals surface area contributed by atoms with Crippen molar-refractivity contribution in [3.05, 3.63) is 71.3 Å². The molecule has 0 bridgehead atoms. The van der Waals surface area contributed by atoms with Crippen molar-refractivity contribution in [1.82, 2.24) is 0 Å². The smallest absolute Gasteiger partial charge is 0.313 e. The van der Waals surface area contributed by atoms with E-state index in [2.05, 4.69) is 0 Å². The number of carboxylic acid groups (broad SMARTS) is 1. The predicted octanol–water partition coefficient (Wildman–Crippen LogP) is 3.94. The number of hydrogen-bond acceptors (Lipinski definition) is 7. The molecule has 9 nitrogen and oxygen atoms in total. The first-order valence-corrected chi connectivity index (χ1v) is 11.3. The van der Waals surface area contributed by atoms with Gasteiger partial charge in [-0.15, -0.1) is 0 Å². The van der Waals surface area contributed by atoms with E-state index < -0.39 is 17.9 Å². The van der Waals surface area contributed by atoms with Crippen LogP contribution in [0.1, 0.15) is 28.7 Å². The summed E-state index contributed by atoms with van der Waals surface area (Å²) in [5, 5.41) is 10.5. The molecule has 2 unspecified atom stereocenters. The number of carbonyl (C=O) groups is 2. The molecule has 3 aromatic rings. The molecule has 0 aliphatic carbocycles. The fourth-order valence-corrected chi connectivity index (χ4v) is 4.94. The fourth-order valence-electron chi connectivity index (χ4n) is 4.94. The third kappa shape index (κ3) is 3.82. The van der Waals surface area contributed by atoms with Gasteiger partial charge >= 0.3 is 5.97 Å². The number of anilines is 1. The molecular formula is C27H25NO8. The van der Waals surface area contributed by atoms with E-state index in [1.54, 1.807) is 54.6 Å². The lowest BCUT2D eigenvalue weighted by Crippen LogP contribution is -2.39. The summed E-state index contributed by atoms with van der Waals surface area (Å²) in [4.78, 5) is 28.2. The number of fused-ring (bicyclic) bond motifs is 2. The third-order valence-electron chi connectivity index (χ3n) is 6.52. The Balaban J connectivity index is 1.78. The van der Waals surface area contributed by atoms with Gasteiger partial charge in [-0.2, -0.15) is 0 Å². The first-order valence-electron chi connectivity index (χ1n) is 11.3. The highest BCUT2D eigenvalue weighted by atomic mass is 16.7. The second kappa shape index (κ2) is 9.33. The minimum Gasteiger partial charge on any atom is -0.493 e. The number of aliphatic carboxylic acids is 1. The van der Waals surface area contributed by atoms with E-state index in [1.165, 1.54) is 26.2 Å². The maximum atomic E-state index is 13.8. The maximum absolute atomic E-state index is 13.8. The zero-order chi connectivity index (χ0) is 25.4. The third-order valence-corrected chi connectivity index (χ3v) is 6.52. The van der Waals surface area contributed by atoms with Gasteiger partial charge in [0.15, 0.2) is 23.0 Å². The summed E-state index contributed by atoms with van der Waals surface area (Å²) < 4.78 is 27.5. The van der Waals surface area contributed by atoms with Crippen LogP contribution < -0.4 is 28.6 Å². The molecular weight excluding hydrogens is 466 g/mol. The van der Waals surface area contributed by atoms with E-state index in [0.717, 1.165) is 0 Å². The second-order valence-corrected chi connectivity index (χ2v) is 8.40. The number of carboxylic acids is 1. The number of methoxy groups -OCH3 is 3. The fraction of sp³-hybridized carbons (Fsp3) is 0.259. The van der Waals surface area contributed by atoms with Crippen molar-refractivity contribution in [2.75, 3.05) is 33.0 Å². The molecule has 3 aromatic carbocycles. The monoisotopic (exact) mass is 491 g/mol. The summed E-state index contributed by atoms with van der Waals surface area (Å²) in [6, 6.07) is 14.7. The highest BCUT2D eigenvalue weighted by Gasteiger charge is 2.43. The molecule has 0 fully saturated rings. The molecule has 5 rings (SSSR count). The normalized spacial score (nSPS) is 18.3. The molecule has 9 heteroatoms. The minimum atomic E-state index is -1.08. The minimum absolute atomic E-state index is 0.0370. The summed E-state index contributed by atoms with van der Waals surface area (Å²) in [5.74, 6) is -0.295. The second-order valence-electron chi connectivity index (χ2n) is 8.40. The van der Waals surface area contributed by atoms with Crippen LogP contribution in [-0.4, -0.2) is 45.1 Å². The zero-order valence-corrected chi connectivity index (χ0v) is 20.0. The van der Waals surface area contributed by atoms with Gasteiger partial charge in [0.05, 0.1) is 33.8 Å². The summed E-state index contributed by atoms with van der Waals surface area (Å²) in [5.41, 5.74) is 2.23. The summed E-state index contributed by atoms with van der Waals surface area (Å²) >= 11 is 0. The Morgan fingerprint density at radius 1 is 0.944 bits per heavy atom. The molecule has 2 aliphatic heterocycles. The summed E-state index contributed by atoms with van der Waals surface area (Å²) in [6.45, 7) is 0.0756. The Morgan fingerprint density at radius 2 is 1.64 bits per heavy atom. The number of ether oxygens (including phenoxy) is 5. The Labute approximate surface area is 207 Å². The van der Waals surface area contributed by atoms with E-state index >= 15 is 0 Å². The van der Waals surface area contributed by atoms with Crippen LogP contribution in [0.15, 0.2) is 54.6 Å². The van der Waals surface area contributed by atoms with E-state index in [9.17, 15) is 14.7 Å². The number of hydrogen-bond donors (Lipinski definition) is 1. The largest absolute Gasteiger partial charge is 0.493 e. The number of amides is 1. The van der Waals surface area contributed by atoms with E-state index in [1.807, 2.05) is 0 Å². The molecule has 0 saturated heterocycles. The average molecular weight is 491 g/mol. The highest BCUT2D eigenvalue weighted by Crippen LogP contribution is 2.48. The number of carbonyl (C=O) groups excluding carboxylic acids is 1. The lowest BCUT2D eigenvalue weighted by atomic mass is 9.84. The highest BCUT2D eigenvalue weighted by molar-refractivity contribution is 5.99. The van der Waals surface area contributed by atoms with E-state index in [0.29, 0.717) is 51.1 Å². The van der Waals surface area contributed by atoms with Gasteiger partial charge < -0.3 is 33.7 Å². The van der Waals surface area contributed by atoms with Crippen molar-refractivity contribution in [3.63, 3.8) is 0 Å². The molecule has 0 aromatic heterocycles. The van der Waals surface area contributed by atoms with Crippen molar-refractivity contribution >= 4 is 17.6 Å². The van der Waals surface area contributed by atoms with Crippen molar-refractivity contribution in [2.24, 2.45) is 0 Å². The van der Waals surface area contributed by atoms with Crippen molar-refractivity contribution < 1.29 is 38.4 Å². The summed E-state index contributed by atoms with van der Waals surface area (Å²) in [6.07, 6.45) is 0.0370. The van der Waals surface area contributed by atoms with E-state index in [4.69, 9.17) is 23.7 Å². The maximum Gasteiger partial charge on any atom is 0.313 e. The molecule has 36 heavy (non-hydrogen) atoms. The van der Waals surface area contributed by atoms with Crippen molar-refractivity contribution in [2.45, 2.75) is 18.4 Å². The Kier molecular flexibility index (Phi) is 6.05. The predicted molar refractivity (Wildman–Crippen MR) is 129 cm³/mol. The van der Waals surface area contributed by atoms with Crippen LogP contribution >= 0.6 is 0 Å². The van der Waals surface area contributed by atoms with Crippen LogP contribution in [0, 0.1) is 0 Å². The molecule has 0 saturated carbocycles. The first kappa shape index (κ1) is 23.3. The van der Waals surface area contributed by atoms with Gasteiger partial charge in [-0.05, 0) is 41.0 Å². The molecule has 2 heterocycles. The topological polar surface area (TPSA) is 104 Å². The Morgan fingerprint density at radius 3 is 2.31 bits per heavy atom. The van der Waals surface area contributed by atoms with Gasteiger partial charge in [0, 0.05) is 11.8 Å². The van der Waals surface area contributed by atoms with Gasteiger partial charge in [-0.3, -0.25) is 9.59 Å². The first-order chi connectivity index (χ1) is 17.5. The number of benzene rings is 3. The quantitative estimate of drug-likeness (QED) is 0.553. The van der Waals surface area contributed by atoms with Crippen molar-refractivity contribution in [1.29, 1.82) is 0 Å². The molecule has 2 aliphatic rings. The molecule has 0 radical (unpaired) electrons. The molecule has 2 atom stereocenters. The van der Waals surface area contributed by atoms with Crippen molar-refractivity contribution in [3.8, 4) is 28.7 Å². The van der Waals surface area contributed by atoms with Gasteiger partial charge in [0.1, 0.15) is 5.92 Å². The molecule has 1 N–H and O–H groups in total. The SMILES string of the molecule is COc1cc(C2C(C(=O)O)c3ccccc3CC(=O)N2c2ccc3c(c2)OCO3)cc(OC)c1OC. The summed E-state index contributed by atoms with van der Waals surface area (Å²) in [7, 11) is 4.46. The molecule has 1 amide bonds. The van der Waals surface area contributed by atoms with Gasteiger partial charge in [-0.1, -0.05) is 24.3 Å². The van der Waals surface area contributed by atoms with Crippen LogP contribution in [0.4, 0.5) is 5.69 Å². The lowest BCUT2D eigenvalue weighted by molar-refractivity contribution is -0.139. The number of nitrogens with zero attached hydrogens (tertiary/aromatic N) is 1. The van der Waals surface area contributed by atoms with Gasteiger partial charge in [0.25, 0.3) is 0 Å². The average Bonchev–Trinajstić information content (AvgIpc) is 3.31. The standard InChI is InChI=1S/C27H25NO8/c1-32-21-10-16(11-22(33-2)26(21)34-3)25-24(27(30)31)18-7-5-4-6-15(18)12-23(29)28(25)17-8-9-19-20(13-17)36-14-35-19/h4-11,13,24-25H,12,14H2,1-3H3,(H,30,31). The zero-order valence-electron chi connectivity index (χ0n) is 20.0. The van der Waals surface area contributed by atoms with Crippen LogP contribution in [0.25, 0.3) is 0 Å². The van der Waals surface area contributed by atoms with Crippen LogP contribution in [0.5, 0.6) is 28.7 Å². The lowest BCUT2D eigenvalue weighted by Gasteiger charge is -2.35. The Bertz CT molecular complexity index is 1310. The van der Waals surface area contributed by atoms with Crippen LogP contribution in [-0.2, 0) is 16.0 Å². The Hall–Kier alpha value is -4.40.